The Balaban J connectivity index is 1.64. The van der Waals surface area contributed by atoms with Gasteiger partial charge in [0.2, 0.25) is 5.91 Å². The number of anilines is 1. The van der Waals surface area contributed by atoms with Crippen molar-refractivity contribution in [3.63, 3.8) is 0 Å². The van der Waals surface area contributed by atoms with Crippen molar-refractivity contribution in [3.05, 3.63) is 75.1 Å². The van der Waals surface area contributed by atoms with E-state index in [0.29, 0.717) is 33.8 Å². The molecule has 0 fully saturated rings. The predicted molar refractivity (Wildman–Crippen MR) is 128 cm³/mol. The molecule has 8 heteroatoms. The van der Waals surface area contributed by atoms with E-state index in [0.717, 1.165) is 11.1 Å². The first kappa shape index (κ1) is 22.5. The number of methoxy groups -OCH3 is 1. The maximum Gasteiger partial charge on any atom is 0.257 e. The largest absolute Gasteiger partial charge is 0.493 e. The maximum absolute atomic E-state index is 13.1. The minimum absolute atomic E-state index is 0.108. The smallest absolute Gasteiger partial charge is 0.257 e. The lowest BCUT2D eigenvalue weighted by Gasteiger charge is -2.25. The summed E-state index contributed by atoms with van der Waals surface area (Å²) in [5.74, 6) is 3.66. The highest BCUT2D eigenvalue weighted by Gasteiger charge is 2.31. The van der Waals surface area contributed by atoms with E-state index in [4.69, 9.17) is 15.9 Å². The molecule has 3 aromatic rings. The van der Waals surface area contributed by atoms with Crippen LogP contribution in [0.15, 0.2) is 52.4 Å². The molecule has 0 spiro atoms. The molecule has 7 nitrogen and oxygen atoms in total. The van der Waals surface area contributed by atoms with Crippen LogP contribution in [-0.4, -0.2) is 29.6 Å². The third-order valence-electron chi connectivity index (χ3n) is 5.29. The number of nitrogens with one attached hydrogen (secondary N) is 2. The average Bonchev–Trinajstić information content (AvgIpc) is 2.80. The summed E-state index contributed by atoms with van der Waals surface area (Å²) >= 11 is 1.41. The number of benzene rings is 2. The van der Waals surface area contributed by atoms with E-state index in [2.05, 4.69) is 27.3 Å². The van der Waals surface area contributed by atoms with Crippen molar-refractivity contribution in [2.24, 2.45) is 0 Å². The fraction of sp³-hybridized carbons (Fsp3) is 0.240. The van der Waals surface area contributed by atoms with Gasteiger partial charge in [-0.25, -0.2) is 4.98 Å². The highest BCUT2D eigenvalue weighted by molar-refractivity contribution is 7.98. The van der Waals surface area contributed by atoms with Crippen molar-refractivity contribution >= 4 is 23.5 Å². The number of hydrogen-bond acceptors (Lipinski definition) is 6. The molecule has 168 valence electrons. The summed E-state index contributed by atoms with van der Waals surface area (Å²) in [6.45, 7) is 2.14. The van der Waals surface area contributed by atoms with Crippen LogP contribution >= 0.6 is 11.8 Å². The van der Waals surface area contributed by atoms with Gasteiger partial charge in [-0.15, -0.1) is 6.42 Å². The Morgan fingerprint density at radius 3 is 2.82 bits per heavy atom. The van der Waals surface area contributed by atoms with Crippen LogP contribution in [0.2, 0.25) is 0 Å². The van der Waals surface area contributed by atoms with Gasteiger partial charge in [-0.2, -0.15) is 0 Å². The van der Waals surface area contributed by atoms with Crippen LogP contribution in [0, 0.1) is 19.3 Å². The van der Waals surface area contributed by atoms with E-state index in [1.54, 1.807) is 18.2 Å². The van der Waals surface area contributed by atoms with Gasteiger partial charge in [0.25, 0.3) is 5.56 Å². The molecule has 0 saturated carbocycles. The molecule has 0 unspecified atom stereocenters. The van der Waals surface area contributed by atoms with Crippen LogP contribution in [0.25, 0.3) is 0 Å². The van der Waals surface area contributed by atoms with Crippen LogP contribution in [-0.2, 0) is 10.5 Å². The molecular weight excluding hydrogens is 438 g/mol. The van der Waals surface area contributed by atoms with E-state index in [1.165, 1.54) is 24.4 Å². The normalized spacial score (nSPS) is 14.7. The Kier molecular flexibility index (Phi) is 6.71. The van der Waals surface area contributed by atoms with Crippen molar-refractivity contribution < 1.29 is 14.3 Å². The van der Waals surface area contributed by atoms with Gasteiger partial charge < -0.3 is 19.8 Å². The summed E-state index contributed by atoms with van der Waals surface area (Å²) in [6.07, 6.45) is 5.39. The molecule has 33 heavy (non-hydrogen) atoms. The van der Waals surface area contributed by atoms with Gasteiger partial charge >= 0.3 is 0 Å². The molecule has 0 bridgehead atoms. The van der Waals surface area contributed by atoms with Gasteiger partial charge in [0.05, 0.1) is 12.7 Å². The summed E-state index contributed by atoms with van der Waals surface area (Å²) in [6, 6.07) is 13.4. The zero-order valence-electron chi connectivity index (χ0n) is 18.3. The third kappa shape index (κ3) is 5.04. The number of aromatic nitrogens is 2. The lowest BCUT2D eigenvalue weighted by atomic mass is 9.86. The molecule has 0 radical (unpaired) electrons. The van der Waals surface area contributed by atoms with Crippen molar-refractivity contribution in [3.8, 4) is 23.8 Å². The summed E-state index contributed by atoms with van der Waals surface area (Å²) in [7, 11) is 1.52. The number of hydrogen-bond donors (Lipinski definition) is 2. The molecule has 0 aliphatic carbocycles. The molecule has 2 N–H and O–H groups in total. The van der Waals surface area contributed by atoms with Gasteiger partial charge in [-0.1, -0.05) is 53.6 Å². The highest BCUT2D eigenvalue weighted by atomic mass is 32.2. The van der Waals surface area contributed by atoms with Gasteiger partial charge in [0, 0.05) is 18.1 Å². The number of aromatic amines is 1. The predicted octanol–water partition coefficient (Wildman–Crippen LogP) is 3.87. The topological polar surface area (TPSA) is 93.3 Å². The second kappa shape index (κ2) is 9.84. The third-order valence-corrected chi connectivity index (χ3v) is 6.23. The molecule has 1 aliphatic rings. The minimum Gasteiger partial charge on any atom is -0.493 e. The van der Waals surface area contributed by atoms with Crippen molar-refractivity contribution in [2.45, 2.75) is 30.2 Å². The Labute approximate surface area is 195 Å². The Bertz CT molecular complexity index is 1300. The first-order valence-corrected chi connectivity index (χ1v) is 11.3. The number of rotatable bonds is 7. The maximum atomic E-state index is 13.1. The van der Waals surface area contributed by atoms with Crippen molar-refractivity contribution in [2.75, 3.05) is 19.0 Å². The van der Waals surface area contributed by atoms with Gasteiger partial charge in [-0.05, 0) is 30.2 Å². The number of terminal acetylenes is 1. The number of carbonyl (C=O) groups excluding carboxylic acids is 1. The first-order chi connectivity index (χ1) is 16.0. The second-order valence-corrected chi connectivity index (χ2v) is 8.58. The summed E-state index contributed by atoms with van der Waals surface area (Å²) in [4.78, 5) is 32.9. The fourth-order valence-electron chi connectivity index (χ4n) is 3.80. The number of ether oxygens (including phenoxy) is 2. The number of fused-ring (bicyclic) bond motifs is 1. The zero-order valence-corrected chi connectivity index (χ0v) is 19.1. The summed E-state index contributed by atoms with van der Waals surface area (Å²) in [5, 5.41) is 3.21. The van der Waals surface area contributed by atoms with Gasteiger partial charge in [-0.3, -0.25) is 9.59 Å². The number of amides is 1. The standard InChI is InChI=1S/C25H23N3O4S/c1-4-10-32-19-9-8-17(12-20(19)31-3)18-13-21(29)26-23-22(18)24(30)28-25(27-23)33-14-16-7-5-6-15(2)11-16/h1,5-9,11-12,18H,10,13-14H2,2-3H3,(H2,26,27,28,29,30)/t18-/m1/s1. The summed E-state index contributed by atoms with van der Waals surface area (Å²) < 4.78 is 10.9. The van der Waals surface area contributed by atoms with E-state index in [1.807, 2.05) is 25.1 Å². The Hall–Kier alpha value is -3.70. The van der Waals surface area contributed by atoms with Crippen LogP contribution < -0.4 is 20.3 Å². The van der Waals surface area contributed by atoms with E-state index in [-0.39, 0.29) is 24.5 Å². The molecule has 4 rings (SSSR count). The number of aryl methyl sites for hydroxylation is 1. The summed E-state index contributed by atoms with van der Waals surface area (Å²) in [5.41, 5.74) is 3.20. The highest BCUT2D eigenvalue weighted by Crippen LogP contribution is 2.38. The molecule has 2 aromatic carbocycles. The SMILES string of the molecule is C#CCOc1ccc([C@H]2CC(=O)Nc3nc(SCc4cccc(C)c4)[nH]c(=O)c32)cc1OC. The van der Waals surface area contributed by atoms with E-state index < -0.39 is 5.92 Å². The van der Waals surface area contributed by atoms with Gasteiger partial charge in [0.1, 0.15) is 12.4 Å². The average molecular weight is 462 g/mol. The minimum atomic E-state index is -0.462. The Morgan fingerprint density at radius 2 is 2.06 bits per heavy atom. The quantitative estimate of drug-likeness (QED) is 0.315. The molecule has 1 amide bonds. The lowest BCUT2D eigenvalue weighted by molar-refractivity contribution is -0.116. The molecule has 1 aromatic heterocycles. The number of thioether (sulfide) groups is 1. The van der Waals surface area contributed by atoms with E-state index in [9.17, 15) is 9.59 Å². The molecule has 1 aliphatic heterocycles. The van der Waals surface area contributed by atoms with Crippen LogP contribution in [0.3, 0.4) is 0 Å². The fourth-order valence-corrected chi connectivity index (χ4v) is 4.60. The monoisotopic (exact) mass is 461 g/mol. The van der Waals surface area contributed by atoms with Crippen LogP contribution in [0.1, 0.15) is 34.6 Å². The first-order valence-electron chi connectivity index (χ1n) is 10.3. The van der Waals surface area contributed by atoms with E-state index >= 15 is 0 Å². The van der Waals surface area contributed by atoms with Crippen LogP contribution in [0.4, 0.5) is 5.82 Å². The second-order valence-electron chi connectivity index (χ2n) is 7.62. The van der Waals surface area contributed by atoms with Crippen molar-refractivity contribution in [1.29, 1.82) is 0 Å². The number of H-pyrrole nitrogens is 1. The molecule has 0 saturated heterocycles. The Morgan fingerprint density at radius 1 is 1.21 bits per heavy atom. The van der Waals surface area contributed by atoms with Gasteiger partial charge in [0.15, 0.2) is 16.7 Å². The number of nitrogens with zero attached hydrogens (tertiary/aromatic N) is 1. The van der Waals surface area contributed by atoms with Crippen molar-refractivity contribution in [1.82, 2.24) is 9.97 Å². The molecule has 2 heterocycles. The molecule has 1 atom stereocenters. The number of carbonyl (C=O) groups is 1. The van der Waals surface area contributed by atoms with Crippen LogP contribution in [0.5, 0.6) is 11.5 Å². The molecular formula is C25H23N3O4S. The zero-order chi connectivity index (χ0) is 23.4. The lowest BCUT2D eigenvalue weighted by Crippen LogP contribution is -2.31.